The molecule has 0 amide bonds. The minimum Gasteiger partial charge on any atom is -0.265 e. The summed E-state index contributed by atoms with van der Waals surface area (Å²) in [5.41, 5.74) is 2.97. The molecule has 0 saturated carbocycles. The van der Waals surface area contributed by atoms with Crippen LogP contribution in [0, 0.1) is 0 Å². The fourth-order valence-electron chi connectivity index (χ4n) is 1.49. The number of rotatable bonds is 1. The first-order valence-corrected chi connectivity index (χ1v) is 4.63. The van der Waals surface area contributed by atoms with Crippen molar-refractivity contribution in [1.29, 1.82) is 0 Å². The lowest BCUT2D eigenvalue weighted by Crippen LogP contribution is -1.92. The highest BCUT2D eigenvalue weighted by Gasteiger charge is 2.00. The molecule has 4 nitrogen and oxygen atoms in total. The maximum atomic E-state index is 4.43. The van der Waals surface area contributed by atoms with Gasteiger partial charge in [-0.1, -0.05) is 0 Å². The molecule has 3 aromatic heterocycles. The SMILES string of the molecule is c1cc(-c2ccc3cncn3n2)ccn1. The van der Waals surface area contributed by atoms with Crippen molar-refractivity contribution < 1.29 is 0 Å². The van der Waals surface area contributed by atoms with Crippen molar-refractivity contribution in [3.05, 3.63) is 49.2 Å². The predicted octanol–water partition coefficient (Wildman–Crippen LogP) is 1.79. The van der Waals surface area contributed by atoms with Gasteiger partial charge < -0.3 is 0 Å². The third-order valence-corrected chi connectivity index (χ3v) is 2.25. The average molecular weight is 196 g/mol. The van der Waals surface area contributed by atoms with Crippen LogP contribution >= 0.6 is 0 Å². The van der Waals surface area contributed by atoms with Crippen molar-refractivity contribution in [3.8, 4) is 11.3 Å². The number of nitrogens with zero attached hydrogens (tertiary/aromatic N) is 4. The molecule has 15 heavy (non-hydrogen) atoms. The van der Waals surface area contributed by atoms with Crippen LogP contribution in [0.2, 0.25) is 0 Å². The van der Waals surface area contributed by atoms with Gasteiger partial charge in [-0.25, -0.2) is 9.50 Å². The second-order valence-electron chi connectivity index (χ2n) is 3.22. The van der Waals surface area contributed by atoms with E-state index in [-0.39, 0.29) is 0 Å². The fourth-order valence-corrected chi connectivity index (χ4v) is 1.49. The molecule has 0 spiro atoms. The third-order valence-electron chi connectivity index (χ3n) is 2.25. The van der Waals surface area contributed by atoms with Crippen LogP contribution in [0.4, 0.5) is 0 Å². The first-order valence-electron chi connectivity index (χ1n) is 4.63. The summed E-state index contributed by atoms with van der Waals surface area (Å²) in [7, 11) is 0. The molecule has 0 bridgehead atoms. The topological polar surface area (TPSA) is 43.1 Å². The molecule has 3 aromatic rings. The van der Waals surface area contributed by atoms with Crippen LogP contribution in [0.15, 0.2) is 49.2 Å². The number of imidazole rings is 1. The van der Waals surface area contributed by atoms with Gasteiger partial charge in [0.05, 0.1) is 17.4 Å². The molecule has 0 fully saturated rings. The van der Waals surface area contributed by atoms with Gasteiger partial charge in [0.1, 0.15) is 6.33 Å². The van der Waals surface area contributed by atoms with Gasteiger partial charge in [-0.05, 0) is 24.3 Å². The highest BCUT2D eigenvalue weighted by molar-refractivity contribution is 5.60. The molecule has 3 rings (SSSR count). The smallest absolute Gasteiger partial charge is 0.117 e. The Bertz CT molecular complexity index is 586. The zero-order valence-electron chi connectivity index (χ0n) is 7.91. The number of hydrogen-bond donors (Lipinski definition) is 0. The Hall–Kier alpha value is -2.23. The lowest BCUT2D eigenvalue weighted by atomic mass is 10.2. The molecule has 0 aliphatic carbocycles. The monoisotopic (exact) mass is 196 g/mol. The molecule has 0 aromatic carbocycles. The Morgan fingerprint density at radius 3 is 2.67 bits per heavy atom. The molecule has 0 unspecified atom stereocenters. The standard InChI is InChI=1S/C11H8N4/c1-2-11(9-3-5-12-6-4-9)14-15-8-13-7-10(1)15/h1-8H. The van der Waals surface area contributed by atoms with E-state index in [0.29, 0.717) is 0 Å². The van der Waals surface area contributed by atoms with Crippen LogP contribution in [0.1, 0.15) is 0 Å². The zero-order valence-corrected chi connectivity index (χ0v) is 7.91. The van der Waals surface area contributed by atoms with Crippen molar-refractivity contribution in [1.82, 2.24) is 19.6 Å². The maximum Gasteiger partial charge on any atom is 0.117 e. The van der Waals surface area contributed by atoms with Gasteiger partial charge in [0, 0.05) is 18.0 Å². The summed E-state index contributed by atoms with van der Waals surface area (Å²) in [6.07, 6.45) is 6.99. The van der Waals surface area contributed by atoms with Crippen molar-refractivity contribution in [2.45, 2.75) is 0 Å². The van der Waals surface area contributed by atoms with Crippen LogP contribution in [-0.4, -0.2) is 19.6 Å². The molecular weight excluding hydrogens is 188 g/mol. The summed E-state index contributed by atoms with van der Waals surface area (Å²) in [6, 6.07) is 7.85. The lowest BCUT2D eigenvalue weighted by Gasteiger charge is -2.00. The minimum absolute atomic E-state index is 0.919. The van der Waals surface area contributed by atoms with Gasteiger partial charge in [-0.3, -0.25) is 4.98 Å². The number of aromatic nitrogens is 4. The Balaban J connectivity index is 2.19. The van der Waals surface area contributed by atoms with Gasteiger partial charge in [0.15, 0.2) is 0 Å². The molecular formula is C11H8N4. The second kappa shape index (κ2) is 3.16. The largest absolute Gasteiger partial charge is 0.265 e. The summed E-state index contributed by atoms with van der Waals surface area (Å²) in [6.45, 7) is 0. The van der Waals surface area contributed by atoms with Crippen LogP contribution < -0.4 is 0 Å². The lowest BCUT2D eigenvalue weighted by molar-refractivity contribution is 0.932. The van der Waals surface area contributed by atoms with Crippen molar-refractivity contribution >= 4 is 5.52 Å². The highest BCUT2D eigenvalue weighted by atomic mass is 15.2. The molecule has 4 heteroatoms. The first kappa shape index (κ1) is 8.11. The van der Waals surface area contributed by atoms with Crippen molar-refractivity contribution in [2.75, 3.05) is 0 Å². The zero-order chi connectivity index (χ0) is 10.1. The van der Waals surface area contributed by atoms with E-state index in [1.807, 2.05) is 24.3 Å². The van der Waals surface area contributed by atoms with E-state index >= 15 is 0 Å². The van der Waals surface area contributed by atoms with Crippen LogP contribution in [0.5, 0.6) is 0 Å². The third kappa shape index (κ3) is 1.36. The molecule has 3 heterocycles. The fraction of sp³-hybridized carbons (Fsp3) is 0. The molecule has 0 N–H and O–H groups in total. The van der Waals surface area contributed by atoms with E-state index in [0.717, 1.165) is 16.8 Å². The van der Waals surface area contributed by atoms with Crippen LogP contribution in [0.3, 0.4) is 0 Å². The summed E-state index contributed by atoms with van der Waals surface area (Å²) in [5, 5.41) is 4.43. The average Bonchev–Trinajstić information content (AvgIpc) is 2.77. The predicted molar refractivity (Wildman–Crippen MR) is 56.2 cm³/mol. The van der Waals surface area contributed by atoms with Crippen LogP contribution in [-0.2, 0) is 0 Å². The molecule has 0 atom stereocenters. The van der Waals surface area contributed by atoms with E-state index in [1.165, 1.54) is 0 Å². The van der Waals surface area contributed by atoms with Crippen molar-refractivity contribution in [2.24, 2.45) is 0 Å². The highest BCUT2D eigenvalue weighted by Crippen LogP contribution is 2.15. The van der Waals surface area contributed by atoms with E-state index in [1.54, 1.807) is 29.4 Å². The first-order chi connectivity index (χ1) is 7.43. The summed E-state index contributed by atoms with van der Waals surface area (Å²) in [5.74, 6) is 0. The Morgan fingerprint density at radius 1 is 0.933 bits per heavy atom. The summed E-state index contributed by atoms with van der Waals surface area (Å²) >= 11 is 0. The number of fused-ring (bicyclic) bond motifs is 1. The van der Waals surface area contributed by atoms with Crippen LogP contribution in [0.25, 0.3) is 16.8 Å². The van der Waals surface area contributed by atoms with Gasteiger partial charge in [0.2, 0.25) is 0 Å². The Labute approximate surface area is 86.2 Å². The normalized spacial score (nSPS) is 10.7. The van der Waals surface area contributed by atoms with Gasteiger partial charge in [0.25, 0.3) is 0 Å². The van der Waals surface area contributed by atoms with Gasteiger partial charge in [-0.2, -0.15) is 5.10 Å². The Morgan fingerprint density at radius 2 is 1.80 bits per heavy atom. The van der Waals surface area contributed by atoms with Gasteiger partial charge in [-0.15, -0.1) is 0 Å². The van der Waals surface area contributed by atoms with E-state index < -0.39 is 0 Å². The quantitative estimate of drug-likeness (QED) is 0.596. The number of hydrogen-bond acceptors (Lipinski definition) is 3. The molecule has 0 radical (unpaired) electrons. The molecule has 0 aliphatic rings. The van der Waals surface area contributed by atoms with E-state index in [4.69, 9.17) is 0 Å². The summed E-state index contributed by atoms with van der Waals surface area (Å²) in [4.78, 5) is 8.00. The summed E-state index contributed by atoms with van der Waals surface area (Å²) < 4.78 is 1.76. The minimum atomic E-state index is 0.919. The van der Waals surface area contributed by atoms with Gasteiger partial charge >= 0.3 is 0 Å². The molecule has 0 aliphatic heterocycles. The van der Waals surface area contributed by atoms with E-state index in [9.17, 15) is 0 Å². The second-order valence-corrected chi connectivity index (χ2v) is 3.22. The maximum absolute atomic E-state index is 4.43. The Kier molecular flexibility index (Phi) is 1.71. The molecule has 72 valence electrons. The number of pyridine rings is 1. The van der Waals surface area contributed by atoms with E-state index in [2.05, 4.69) is 15.1 Å². The molecule has 0 saturated heterocycles. The van der Waals surface area contributed by atoms with Crippen molar-refractivity contribution in [3.63, 3.8) is 0 Å².